The van der Waals surface area contributed by atoms with Gasteiger partial charge in [-0.2, -0.15) is 0 Å². The van der Waals surface area contributed by atoms with Gasteiger partial charge in [-0.1, -0.05) is 35.5 Å². The molecule has 0 unspecified atom stereocenters. The van der Waals surface area contributed by atoms with E-state index in [9.17, 15) is 4.79 Å². The van der Waals surface area contributed by atoms with E-state index in [0.717, 1.165) is 12.8 Å². The fourth-order valence-electron chi connectivity index (χ4n) is 1.75. The summed E-state index contributed by atoms with van der Waals surface area (Å²) in [5.74, 6) is 0.428. The average Bonchev–Trinajstić information content (AvgIpc) is 2.82. The quantitative estimate of drug-likeness (QED) is 0.821. The van der Waals surface area contributed by atoms with Crippen LogP contribution in [0.5, 0.6) is 0 Å². The first-order chi connectivity index (χ1) is 8.77. The van der Waals surface area contributed by atoms with Crippen LogP contribution in [0, 0.1) is 6.92 Å². The molecule has 2 rings (SSSR count). The molecular formula is C14H16N2O2. The van der Waals surface area contributed by atoms with Crippen molar-refractivity contribution in [3.05, 3.63) is 53.4 Å². The first-order valence-electron chi connectivity index (χ1n) is 6.01. The Hall–Kier alpha value is -2.10. The van der Waals surface area contributed by atoms with Crippen molar-refractivity contribution in [2.45, 2.75) is 19.8 Å². The van der Waals surface area contributed by atoms with Gasteiger partial charge >= 0.3 is 0 Å². The number of hydrogen-bond donors (Lipinski definition) is 1. The van der Waals surface area contributed by atoms with Gasteiger partial charge in [-0.05, 0) is 25.3 Å². The smallest absolute Gasteiger partial charge is 0.256 e. The highest BCUT2D eigenvalue weighted by Gasteiger charge is 2.11. The Balaban J connectivity index is 1.73. The highest BCUT2D eigenvalue weighted by Crippen LogP contribution is 2.05. The topological polar surface area (TPSA) is 55.1 Å². The molecule has 0 atom stereocenters. The van der Waals surface area contributed by atoms with Crippen molar-refractivity contribution in [1.29, 1.82) is 0 Å². The highest BCUT2D eigenvalue weighted by atomic mass is 16.5. The van der Waals surface area contributed by atoms with Crippen molar-refractivity contribution >= 4 is 5.91 Å². The van der Waals surface area contributed by atoms with E-state index in [0.29, 0.717) is 17.9 Å². The summed E-state index contributed by atoms with van der Waals surface area (Å²) in [5, 5.41) is 6.44. The summed E-state index contributed by atoms with van der Waals surface area (Å²) in [6.07, 6.45) is 3.33. The van der Waals surface area contributed by atoms with Gasteiger partial charge in [0.1, 0.15) is 11.3 Å². The number of rotatable bonds is 5. The molecule has 2 aromatic rings. The molecule has 18 heavy (non-hydrogen) atoms. The average molecular weight is 244 g/mol. The van der Waals surface area contributed by atoms with Crippen molar-refractivity contribution in [2.24, 2.45) is 0 Å². The van der Waals surface area contributed by atoms with Gasteiger partial charge in [0.25, 0.3) is 5.91 Å². The Morgan fingerprint density at radius 3 is 2.78 bits per heavy atom. The number of carbonyl (C=O) groups excluding carboxylic acids is 1. The summed E-state index contributed by atoms with van der Waals surface area (Å²) < 4.78 is 4.85. The lowest BCUT2D eigenvalue weighted by Crippen LogP contribution is -2.24. The van der Waals surface area contributed by atoms with Crippen LogP contribution in [0.4, 0.5) is 0 Å². The second kappa shape index (κ2) is 6.00. The summed E-state index contributed by atoms with van der Waals surface area (Å²) in [6, 6.07) is 10.2. The molecule has 1 amide bonds. The van der Waals surface area contributed by atoms with Crippen LogP contribution in [-0.2, 0) is 6.42 Å². The van der Waals surface area contributed by atoms with E-state index in [2.05, 4.69) is 22.6 Å². The number of hydrogen-bond acceptors (Lipinski definition) is 3. The van der Waals surface area contributed by atoms with E-state index in [1.54, 1.807) is 6.92 Å². The molecule has 0 aliphatic heterocycles. The normalized spacial score (nSPS) is 10.3. The lowest BCUT2D eigenvalue weighted by atomic mass is 10.1. The molecule has 1 heterocycles. The zero-order valence-electron chi connectivity index (χ0n) is 10.3. The maximum Gasteiger partial charge on any atom is 0.256 e. The van der Waals surface area contributed by atoms with Crippen LogP contribution >= 0.6 is 0 Å². The van der Waals surface area contributed by atoms with E-state index in [1.807, 2.05) is 18.2 Å². The van der Waals surface area contributed by atoms with Gasteiger partial charge in [0.05, 0.1) is 6.20 Å². The second-order valence-corrected chi connectivity index (χ2v) is 4.14. The minimum absolute atomic E-state index is 0.123. The molecule has 0 saturated heterocycles. The molecular weight excluding hydrogens is 228 g/mol. The molecule has 94 valence electrons. The van der Waals surface area contributed by atoms with Crippen LogP contribution < -0.4 is 5.32 Å². The Morgan fingerprint density at radius 2 is 2.11 bits per heavy atom. The number of nitrogens with zero attached hydrogens (tertiary/aromatic N) is 1. The Bertz CT molecular complexity index is 506. The number of aryl methyl sites for hydroxylation is 2. The molecule has 0 aliphatic rings. The maximum atomic E-state index is 11.7. The number of carbonyl (C=O) groups is 1. The molecule has 4 heteroatoms. The number of nitrogens with one attached hydrogen (secondary N) is 1. The van der Waals surface area contributed by atoms with Crippen LogP contribution in [-0.4, -0.2) is 17.6 Å². The van der Waals surface area contributed by atoms with E-state index < -0.39 is 0 Å². The lowest BCUT2D eigenvalue weighted by Gasteiger charge is -2.04. The SMILES string of the molecule is Cc1oncc1C(=O)NCCCc1ccccc1. The minimum Gasteiger partial charge on any atom is -0.361 e. The van der Waals surface area contributed by atoms with Crippen LogP contribution in [0.25, 0.3) is 0 Å². The van der Waals surface area contributed by atoms with Gasteiger partial charge in [0.15, 0.2) is 0 Å². The van der Waals surface area contributed by atoms with E-state index in [1.165, 1.54) is 11.8 Å². The molecule has 0 bridgehead atoms. The fraction of sp³-hybridized carbons (Fsp3) is 0.286. The Labute approximate surface area is 106 Å². The number of benzene rings is 1. The van der Waals surface area contributed by atoms with Gasteiger partial charge in [0, 0.05) is 6.54 Å². The summed E-state index contributed by atoms with van der Waals surface area (Å²) in [4.78, 5) is 11.7. The molecule has 4 nitrogen and oxygen atoms in total. The van der Waals surface area contributed by atoms with Crippen molar-refractivity contribution in [3.63, 3.8) is 0 Å². The minimum atomic E-state index is -0.123. The summed E-state index contributed by atoms with van der Waals surface area (Å²) in [6.45, 7) is 2.38. The van der Waals surface area contributed by atoms with Gasteiger partial charge in [-0.25, -0.2) is 0 Å². The van der Waals surface area contributed by atoms with Crippen molar-refractivity contribution in [2.75, 3.05) is 6.54 Å². The van der Waals surface area contributed by atoms with Crippen LogP contribution in [0.2, 0.25) is 0 Å². The second-order valence-electron chi connectivity index (χ2n) is 4.14. The van der Waals surface area contributed by atoms with Crippen LogP contribution in [0.15, 0.2) is 41.1 Å². The van der Waals surface area contributed by atoms with Gasteiger partial charge in [-0.3, -0.25) is 4.79 Å². The Kier molecular flexibility index (Phi) is 4.12. The first kappa shape index (κ1) is 12.4. The molecule has 1 aromatic carbocycles. The van der Waals surface area contributed by atoms with E-state index in [4.69, 9.17) is 4.52 Å². The summed E-state index contributed by atoms with van der Waals surface area (Å²) in [7, 11) is 0. The van der Waals surface area contributed by atoms with E-state index >= 15 is 0 Å². The lowest BCUT2D eigenvalue weighted by molar-refractivity contribution is 0.0951. The number of amides is 1. The zero-order chi connectivity index (χ0) is 12.8. The standard InChI is InChI=1S/C14H16N2O2/c1-11-13(10-16-18-11)14(17)15-9-5-8-12-6-3-2-4-7-12/h2-4,6-7,10H,5,8-9H2,1H3,(H,15,17). The highest BCUT2D eigenvalue weighted by molar-refractivity contribution is 5.94. The monoisotopic (exact) mass is 244 g/mol. The predicted octanol–water partition coefficient (Wildman–Crippen LogP) is 2.35. The molecule has 1 N–H and O–H groups in total. The zero-order valence-corrected chi connectivity index (χ0v) is 10.3. The summed E-state index contributed by atoms with van der Waals surface area (Å²) >= 11 is 0. The molecule has 0 radical (unpaired) electrons. The molecule has 0 spiro atoms. The predicted molar refractivity (Wildman–Crippen MR) is 68.3 cm³/mol. The molecule has 0 aliphatic carbocycles. The van der Waals surface area contributed by atoms with Crippen molar-refractivity contribution in [3.8, 4) is 0 Å². The molecule has 0 fully saturated rings. The Morgan fingerprint density at radius 1 is 1.33 bits per heavy atom. The molecule has 0 saturated carbocycles. The van der Waals surface area contributed by atoms with Crippen molar-refractivity contribution < 1.29 is 9.32 Å². The van der Waals surface area contributed by atoms with Crippen LogP contribution in [0.3, 0.4) is 0 Å². The fourth-order valence-corrected chi connectivity index (χ4v) is 1.75. The van der Waals surface area contributed by atoms with Gasteiger partial charge in [0.2, 0.25) is 0 Å². The largest absolute Gasteiger partial charge is 0.361 e. The molecule has 1 aromatic heterocycles. The summed E-state index contributed by atoms with van der Waals surface area (Å²) in [5.41, 5.74) is 1.79. The van der Waals surface area contributed by atoms with E-state index in [-0.39, 0.29) is 5.91 Å². The van der Waals surface area contributed by atoms with Crippen molar-refractivity contribution in [1.82, 2.24) is 10.5 Å². The first-order valence-corrected chi connectivity index (χ1v) is 6.01. The maximum absolute atomic E-state index is 11.7. The third kappa shape index (κ3) is 3.20. The van der Waals surface area contributed by atoms with Crippen LogP contribution in [0.1, 0.15) is 28.1 Å². The van der Waals surface area contributed by atoms with Gasteiger partial charge < -0.3 is 9.84 Å². The third-order valence-corrected chi connectivity index (χ3v) is 2.77. The third-order valence-electron chi connectivity index (χ3n) is 2.77. The number of aromatic nitrogens is 1. The van der Waals surface area contributed by atoms with Gasteiger partial charge in [-0.15, -0.1) is 0 Å².